The molecule has 2 nitrogen and oxygen atoms in total. The van der Waals surface area contributed by atoms with Crippen LogP contribution in [0.25, 0.3) is 0 Å². The second-order valence-electron chi connectivity index (χ2n) is 7.19. The van der Waals surface area contributed by atoms with Crippen LogP contribution in [-0.2, 0) is 0 Å². The van der Waals surface area contributed by atoms with Crippen LogP contribution >= 0.6 is 0 Å². The van der Waals surface area contributed by atoms with Gasteiger partial charge < -0.3 is 10.2 Å². The van der Waals surface area contributed by atoms with Gasteiger partial charge in [0.05, 0.1) is 0 Å². The van der Waals surface area contributed by atoms with Crippen LogP contribution in [0.5, 0.6) is 0 Å². The molecule has 0 amide bonds. The Morgan fingerprint density at radius 3 is 2.56 bits per heavy atom. The van der Waals surface area contributed by atoms with E-state index in [9.17, 15) is 0 Å². The third-order valence-corrected chi connectivity index (χ3v) is 5.70. The second-order valence-corrected chi connectivity index (χ2v) is 7.19. The minimum Gasteiger partial charge on any atom is -0.316 e. The monoisotopic (exact) mass is 252 g/mol. The largest absolute Gasteiger partial charge is 0.316 e. The van der Waals surface area contributed by atoms with Crippen molar-refractivity contribution in [1.29, 1.82) is 0 Å². The van der Waals surface area contributed by atoms with Gasteiger partial charge in [0.1, 0.15) is 0 Å². The Morgan fingerprint density at radius 2 is 2.00 bits per heavy atom. The van der Waals surface area contributed by atoms with Gasteiger partial charge in [0.15, 0.2) is 0 Å². The molecule has 3 unspecified atom stereocenters. The quantitative estimate of drug-likeness (QED) is 0.827. The average molecular weight is 252 g/mol. The Labute approximate surface area is 114 Å². The molecule has 0 aromatic carbocycles. The lowest BCUT2D eigenvalue weighted by atomic mass is 9.75. The molecular formula is C16H32N2. The molecule has 1 aliphatic heterocycles. The summed E-state index contributed by atoms with van der Waals surface area (Å²) in [5.74, 6) is 1.68. The van der Waals surface area contributed by atoms with Crippen LogP contribution in [0.15, 0.2) is 0 Å². The first-order valence-corrected chi connectivity index (χ1v) is 7.96. The number of hydrogen-bond acceptors (Lipinski definition) is 2. The first-order chi connectivity index (χ1) is 8.55. The van der Waals surface area contributed by atoms with Gasteiger partial charge in [-0.1, -0.05) is 33.6 Å². The fourth-order valence-electron chi connectivity index (χ4n) is 4.14. The maximum absolute atomic E-state index is 3.59. The van der Waals surface area contributed by atoms with E-state index in [4.69, 9.17) is 0 Å². The van der Waals surface area contributed by atoms with Crippen LogP contribution in [0, 0.1) is 17.3 Å². The summed E-state index contributed by atoms with van der Waals surface area (Å²) in [5.41, 5.74) is 0.520. The Kier molecular flexibility index (Phi) is 4.71. The van der Waals surface area contributed by atoms with Crippen molar-refractivity contribution in [1.82, 2.24) is 10.2 Å². The van der Waals surface area contributed by atoms with Crippen molar-refractivity contribution in [3.8, 4) is 0 Å². The van der Waals surface area contributed by atoms with Gasteiger partial charge in [-0.2, -0.15) is 0 Å². The molecule has 3 atom stereocenters. The van der Waals surface area contributed by atoms with E-state index in [1.54, 1.807) is 0 Å². The summed E-state index contributed by atoms with van der Waals surface area (Å²) < 4.78 is 0. The Morgan fingerprint density at radius 1 is 1.28 bits per heavy atom. The highest BCUT2D eigenvalue weighted by Gasteiger charge is 2.39. The van der Waals surface area contributed by atoms with Gasteiger partial charge >= 0.3 is 0 Å². The van der Waals surface area contributed by atoms with Crippen molar-refractivity contribution >= 4 is 0 Å². The fraction of sp³-hybridized carbons (Fsp3) is 1.00. The highest BCUT2D eigenvalue weighted by Crippen LogP contribution is 2.37. The lowest BCUT2D eigenvalue weighted by Crippen LogP contribution is -2.47. The topological polar surface area (TPSA) is 15.3 Å². The van der Waals surface area contributed by atoms with Crippen LogP contribution in [0.1, 0.15) is 52.9 Å². The molecule has 2 aliphatic rings. The molecule has 1 heterocycles. The number of nitrogens with zero attached hydrogens (tertiary/aromatic N) is 1. The van der Waals surface area contributed by atoms with Gasteiger partial charge in [-0.3, -0.25) is 0 Å². The highest BCUT2D eigenvalue weighted by atomic mass is 15.2. The van der Waals surface area contributed by atoms with Gasteiger partial charge in [-0.25, -0.2) is 0 Å². The second kappa shape index (κ2) is 5.92. The van der Waals surface area contributed by atoms with Crippen molar-refractivity contribution in [2.45, 2.75) is 58.9 Å². The fourth-order valence-corrected chi connectivity index (χ4v) is 4.14. The predicted molar refractivity (Wildman–Crippen MR) is 78.8 cm³/mol. The standard InChI is InChI=1S/C16H32N2/c1-13(2)16(9-10-17-11-16)12-18(4)15-8-6-5-7-14(15)3/h13-15,17H,5-12H2,1-4H3. The van der Waals surface area contributed by atoms with E-state index in [0.717, 1.165) is 17.9 Å². The van der Waals surface area contributed by atoms with Crippen molar-refractivity contribution in [2.75, 3.05) is 26.7 Å². The maximum atomic E-state index is 3.59. The molecule has 0 radical (unpaired) electrons. The van der Waals surface area contributed by atoms with Gasteiger partial charge in [-0.15, -0.1) is 0 Å². The SMILES string of the molecule is CC1CCCCC1N(C)CC1(C(C)C)CCNC1. The van der Waals surface area contributed by atoms with Crippen molar-refractivity contribution in [3.05, 3.63) is 0 Å². The van der Waals surface area contributed by atoms with Crippen LogP contribution in [0.4, 0.5) is 0 Å². The molecule has 0 aromatic rings. The normalized spacial score (nSPS) is 37.7. The van der Waals surface area contributed by atoms with Crippen molar-refractivity contribution in [3.63, 3.8) is 0 Å². The van der Waals surface area contributed by atoms with E-state index in [1.165, 1.54) is 51.7 Å². The molecule has 18 heavy (non-hydrogen) atoms. The average Bonchev–Trinajstić information content (AvgIpc) is 2.79. The van der Waals surface area contributed by atoms with Gasteiger partial charge in [0, 0.05) is 19.1 Å². The molecule has 106 valence electrons. The zero-order chi connectivity index (χ0) is 13.2. The Balaban J connectivity index is 1.98. The van der Waals surface area contributed by atoms with E-state index in [-0.39, 0.29) is 0 Å². The van der Waals surface area contributed by atoms with Crippen LogP contribution in [-0.4, -0.2) is 37.6 Å². The number of hydrogen-bond donors (Lipinski definition) is 1. The minimum atomic E-state index is 0.520. The van der Waals surface area contributed by atoms with Gasteiger partial charge in [0.2, 0.25) is 0 Å². The van der Waals surface area contributed by atoms with Crippen LogP contribution in [0.3, 0.4) is 0 Å². The van der Waals surface area contributed by atoms with E-state index < -0.39 is 0 Å². The predicted octanol–water partition coefficient (Wildman–Crippen LogP) is 3.13. The summed E-state index contributed by atoms with van der Waals surface area (Å²) in [7, 11) is 2.37. The molecule has 1 aliphatic carbocycles. The highest BCUT2D eigenvalue weighted by molar-refractivity contribution is 4.94. The van der Waals surface area contributed by atoms with Gasteiger partial charge in [-0.05, 0) is 50.1 Å². The lowest BCUT2D eigenvalue weighted by Gasteiger charge is -2.43. The molecule has 0 spiro atoms. The molecule has 1 saturated carbocycles. The summed E-state index contributed by atoms with van der Waals surface area (Å²) in [6.07, 6.45) is 7.09. The summed E-state index contributed by atoms with van der Waals surface area (Å²) >= 11 is 0. The molecule has 1 saturated heterocycles. The molecule has 2 fully saturated rings. The zero-order valence-electron chi connectivity index (χ0n) is 12.8. The Hall–Kier alpha value is -0.0800. The lowest BCUT2D eigenvalue weighted by molar-refractivity contribution is 0.0674. The summed E-state index contributed by atoms with van der Waals surface area (Å²) in [6, 6.07) is 0.829. The van der Waals surface area contributed by atoms with E-state index in [1.807, 2.05) is 0 Å². The molecule has 0 bridgehead atoms. The van der Waals surface area contributed by atoms with Crippen LogP contribution in [0.2, 0.25) is 0 Å². The third kappa shape index (κ3) is 2.91. The zero-order valence-corrected chi connectivity index (χ0v) is 12.8. The summed E-state index contributed by atoms with van der Waals surface area (Å²) in [4.78, 5) is 2.69. The molecule has 2 heteroatoms. The van der Waals surface area contributed by atoms with E-state index >= 15 is 0 Å². The molecule has 1 N–H and O–H groups in total. The maximum Gasteiger partial charge on any atom is 0.0118 e. The van der Waals surface area contributed by atoms with E-state index in [2.05, 4.69) is 38.0 Å². The molecule has 2 rings (SSSR count). The third-order valence-electron chi connectivity index (χ3n) is 5.70. The van der Waals surface area contributed by atoms with Crippen LogP contribution < -0.4 is 5.32 Å². The number of rotatable bonds is 4. The first kappa shape index (κ1) is 14.3. The van der Waals surface area contributed by atoms with Crippen molar-refractivity contribution in [2.24, 2.45) is 17.3 Å². The Bertz CT molecular complexity index is 256. The van der Waals surface area contributed by atoms with Gasteiger partial charge in [0.25, 0.3) is 0 Å². The van der Waals surface area contributed by atoms with Crippen molar-refractivity contribution < 1.29 is 0 Å². The molecular weight excluding hydrogens is 220 g/mol. The summed E-state index contributed by atoms with van der Waals surface area (Å²) in [5, 5.41) is 3.59. The number of nitrogens with one attached hydrogen (secondary N) is 1. The van der Waals surface area contributed by atoms with E-state index in [0.29, 0.717) is 5.41 Å². The smallest absolute Gasteiger partial charge is 0.0118 e. The first-order valence-electron chi connectivity index (χ1n) is 7.96. The molecule has 0 aromatic heterocycles. The minimum absolute atomic E-state index is 0.520. The summed E-state index contributed by atoms with van der Waals surface area (Å²) in [6.45, 7) is 11.0.